The third-order valence-electron chi connectivity index (χ3n) is 2.22. The molecular formula is C13H14N4O2S. The third kappa shape index (κ3) is 4.51. The Morgan fingerprint density at radius 2 is 2.20 bits per heavy atom. The number of amides is 1. The standard InChI is InChI=1S/C13H14N4O2S/c1-9-6-10(2)16-13(15-9)20-8-12(18)17-14-7-11-4-3-5-19-11/h3-7H,8H2,1-2H3,(H,17,18)/b14-7-. The molecular weight excluding hydrogens is 276 g/mol. The van der Waals surface area contributed by atoms with E-state index >= 15 is 0 Å². The van der Waals surface area contributed by atoms with Gasteiger partial charge < -0.3 is 4.42 Å². The van der Waals surface area contributed by atoms with Crippen LogP contribution in [0, 0.1) is 13.8 Å². The lowest BCUT2D eigenvalue weighted by Crippen LogP contribution is -2.19. The summed E-state index contributed by atoms with van der Waals surface area (Å²) < 4.78 is 5.05. The van der Waals surface area contributed by atoms with Crippen molar-refractivity contribution < 1.29 is 9.21 Å². The number of aromatic nitrogens is 2. The monoisotopic (exact) mass is 290 g/mol. The van der Waals surface area contributed by atoms with Gasteiger partial charge in [0.25, 0.3) is 5.91 Å². The Morgan fingerprint density at radius 1 is 1.45 bits per heavy atom. The lowest BCUT2D eigenvalue weighted by molar-refractivity contribution is -0.118. The molecule has 2 aromatic rings. The minimum atomic E-state index is -0.222. The van der Waals surface area contributed by atoms with Crippen LogP contribution in [0.4, 0.5) is 0 Å². The molecule has 0 spiro atoms. The van der Waals surface area contributed by atoms with Gasteiger partial charge in [-0.3, -0.25) is 4.79 Å². The molecule has 20 heavy (non-hydrogen) atoms. The number of hydrogen-bond acceptors (Lipinski definition) is 6. The van der Waals surface area contributed by atoms with Crippen LogP contribution in [0.25, 0.3) is 0 Å². The largest absolute Gasteiger partial charge is 0.463 e. The molecule has 104 valence electrons. The van der Waals surface area contributed by atoms with E-state index in [0.29, 0.717) is 10.9 Å². The Hall–Kier alpha value is -2.15. The smallest absolute Gasteiger partial charge is 0.250 e. The van der Waals surface area contributed by atoms with Gasteiger partial charge in [-0.2, -0.15) is 5.10 Å². The number of aryl methyl sites for hydroxylation is 2. The first-order valence-corrected chi connectivity index (χ1v) is 6.92. The summed E-state index contributed by atoms with van der Waals surface area (Å²) in [6, 6.07) is 5.38. The minimum absolute atomic E-state index is 0.207. The van der Waals surface area contributed by atoms with Crippen molar-refractivity contribution in [3.8, 4) is 0 Å². The van der Waals surface area contributed by atoms with Gasteiger partial charge in [0.1, 0.15) is 5.76 Å². The predicted molar refractivity (Wildman–Crippen MR) is 76.7 cm³/mol. The predicted octanol–water partition coefficient (Wildman–Crippen LogP) is 1.93. The third-order valence-corrected chi connectivity index (χ3v) is 3.07. The van der Waals surface area contributed by atoms with Crippen molar-refractivity contribution in [1.29, 1.82) is 0 Å². The second kappa shape index (κ2) is 6.85. The number of hydrazone groups is 1. The average Bonchev–Trinajstić information content (AvgIpc) is 2.88. The van der Waals surface area contributed by atoms with Crippen LogP contribution in [-0.2, 0) is 4.79 Å². The van der Waals surface area contributed by atoms with Crippen LogP contribution in [0.5, 0.6) is 0 Å². The fraction of sp³-hybridized carbons (Fsp3) is 0.231. The number of carbonyl (C=O) groups excluding carboxylic acids is 1. The highest BCUT2D eigenvalue weighted by Crippen LogP contribution is 2.13. The molecule has 0 aromatic carbocycles. The number of thioether (sulfide) groups is 1. The average molecular weight is 290 g/mol. The number of carbonyl (C=O) groups is 1. The molecule has 0 bridgehead atoms. The molecule has 1 N–H and O–H groups in total. The van der Waals surface area contributed by atoms with Crippen molar-refractivity contribution in [1.82, 2.24) is 15.4 Å². The number of rotatable bonds is 5. The first-order chi connectivity index (χ1) is 9.63. The Balaban J connectivity index is 1.80. The van der Waals surface area contributed by atoms with E-state index in [4.69, 9.17) is 4.42 Å². The molecule has 0 saturated heterocycles. The van der Waals surface area contributed by atoms with Gasteiger partial charge >= 0.3 is 0 Å². The van der Waals surface area contributed by atoms with Crippen molar-refractivity contribution in [2.45, 2.75) is 19.0 Å². The van der Waals surface area contributed by atoms with E-state index in [2.05, 4.69) is 20.5 Å². The molecule has 0 fully saturated rings. The van der Waals surface area contributed by atoms with Gasteiger partial charge in [-0.05, 0) is 32.0 Å². The molecule has 2 heterocycles. The molecule has 0 radical (unpaired) electrons. The number of nitrogens with one attached hydrogen (secondary N) is 1. The zero-order chi connectivity index (χ0) is 14.4. The highest BCUT2D eigenvalue weighted by atomic mass is 32.2. The number of furan rings is 1. The molecule has 0 unspecified atom stereocenters. The summed E-state index contributed by atoms with van der Waals surface area (Å²) in [7, 11) is 0. The zero-order valence-electron chi connectivity index (χ0n) is 11.2. The molecule has 7 heteroatoms. The summed E-state index contributed by atoms with van der Waals surface area (Å²) in [6.45, 7) is 3.79. The van der Waals surface area contributed by atoms with Gasteiger partial charge in [-0.1, -0.05) is 11.8 Å². The summed E-state index contributed by atoms with van der Waals surface area (Å²) in [4.78, 5) is 20.1. The summed E-state index contributed by atoms with van der Waals surface area (Å²) in [6.07, 6.45) is 2.98. The van der Waals surface area contributed by atoms with Crippen LogP contribution in [0.1, 0.15) is 17.1 Å². The molecule has 6 nitrogen and oxygen atoms in total. The fourth-order valence-corrected chi connectivity index (χ4v) is 2.19. The number of hydrogen-bond donors (Lipinski definition) is 1. The van der Waals surface area contributed by atoms with Crippen LogP contribution in [0.2, 0.25) is 0 Å². The van der Waals surface area contributed by atoms with Gasteiger partial charge in [0.2, 0.25) is 0 Å². The fourth-order valence-electron chi connectivity index (χ4n) is 1.45. The van der Waals surface area contributed by atoms with E-state index in [9.17, 15) is 4.79 Å². The normalized spacial score (nSPS) is 10.9. The van der Waals surface area contributed by atoms with E-state index in [-0.39, 0.29) is 11.7 Å². The van der Waals surface area contributed by atoms with E-state index in [1.807, 2.05) is 19.9 Å². The molecule has 0 aliphatic heterocycles. The van der Waals surface area contributed by atoms with Gasteiger partial charge in [0.15, 0.2) is 5.16 Å². The molecule has 0 atom stereocenters. The van der Waals surface area contributed by atoms with E-state index in [1.165, 1.54) is 24.2 Å². The topological polar surface area (TPSA) is 80.4 Å². The first kappa shape index (κ1) is 14.3. The summed E-state index contributed by atoms with van der Waals surface area (Å²) in [5.41, 5.74) is 4.19. The molecule has 2 rings (SSSR count). The van der Waals surface area contributed by atoms with Gasteiger partial charge in [0.05, 0.1) is 18.2 Å². The van der Waals surface area contributed by atoms with Gasteiger partial charge in [-0.15, -0.1) is 0 Å². The van der Waals surface area contributed by atoms with Crippen molar-refractivity contribution in [2.75, 3.05) is 5.75 Å². The number of nitrogens with zero attached hydrogens (tertiary/aromatic N) is 3. The van der Waals surface area contributed by atoms with Crippen molar-refractivity contribution in [2.24, 2.45) is 5.10 Å². The summed E-state index contributed by atoms with van der Waals surface area (Å²) in [5, 5.41) is 4.38. The Bertz CT molecular complexity index is 591. The SMILES string of the molecule is Cc1cc(C)nc(SCC(=O)N/N=C\c2ccco2)n1. The summed E-state index contributed by atoms with van der Waals surface area (Å²) >= 11 is 1.27. The lowest BCUT2D eigenvalue weighted by atomic mass is 10.4. The van der Waals surface area contributed by atoms with Crippen molar-refractivity contribution in [3.05, 3.63) is 41.6 Å². The highest BCUT2D eigenvalue weighted by Gasteiger charge is 2.05. The van der Waals surface area contributed by atoms with Crippen LogP contribution in [0.15, 0.2) is 39.1 Å². The Labute approximate surface area is 120 Å². The van der Waals surface area contributed by atoms with Crippen LogP contribution >= 0.6 is 11.8 Å². The molecule has 2 aromatic heterocycles. The molecule has 0 saturated carbocycles. The van der Waals surface area contributed by atoms with Crippen LogP contribution < -0.4 is 5.43 Å². The Morgan fingerprint density at radius 3 is 2.85 bits per heavy atom. The highest BCUT2D eigenvalue weighted by molar-refractivity contribution is 7.99. The van der Waals surface area contributed by atoms with E-state index < -0.39 is 0 Å². The molecule has 0 aliphatic carbocycles. The molecule has 1 amide bonds. The van der Waals surface area contributed by atoms with Crippen LogP contribution in [-0.4, -0.2) is 27.8 Å². The van der Waals surface area contributed by atoms with E-state index in [0.717, 1.165) is 11.4 Å². The van der Waals surface area contributed by atoms with E-state index in [1.54, 1.807) is 12.1 Å². The second-order valence-electron chi connectivity index (χ2n) is 4.03. The van der Waals surface area contributed by atoms with Crippen molar-refractivity contribution in [3.63, 3.8) is 0 Å². The zero-order valence-corrected chi connectivity index (χ0v) is 12.0. The first-order valence-electron chi connectivity index (χ1n) is 5.94. The quantitative estimate of drug-likeness (QED) is 0.394. The summed E-state index contributed by atoms with van der Waals surface area (Å²) in [5.74, 6) is 0.564. The maximum absolute atomic E-state index is 11.6. The van der Waals surface area contributed by atoms with Crippen LogP contribution in [0.3, 0.4) is 0 Å². The molecule has 0 aliphatic rings. The van der Waals surface area contributed by atoms with Gasteiger partial charge in [-0.25, -0.2) is 15.4 Å². The minimum Gasteiger partial charge on any atom is -0.463 e. The maximum Gasteiger partial charge on any atom is 0.250 e. The lowest BCUT2D eigenvalue weighted by Gasteiger charge is -2.02. The van der Waals surface area contributed by atoms with Gasteiger partial charge in [0, 0.05) is 11.4 Å². The van der Waals surface area contributed by atoms with Crippen molar-refractivity contribution >= 4 is 23.9 Å². The second-order valence-corrected chi connectivity index (χ2v) is 4.97. The Kier molecular flexibility index (Phi) is 4.89. The maximum atomic E-state index is 11.6.